The molecular weight excluding hydrogens is 148 g/mol. The van der Waals surface area contributed by atoms with Crippen molar-refractivity contribution in [3.8, 4) is 0 Å². The van der Waals surface area contributed by atoms with E-state index in [1.807, 2.05) is 11.8 Å². The second-order valence-corrected chi connectivity index (χ2v) is 4.80. The van der Waals surface area contributed by atoms with Crippen molar-refractivity contribution in [1.82, 2.24) is 0 Å². The Kier molecular flexibility index (Phi) is 5.91. The quantitative estimate of drug-likeness (QED) is 0.492. The van der Waals surface area contributed by atoms with Crippen LogP contribution >= 0.6 is 24.4 Å². The molecule has 0 heterocycles. The Balaban J connectivity index is 3.06. The molecule has 0 fully saturated rings. The van der Waals surface area contributed by atoms with E-state index < -0.39 is 0 Å². The van der Waals surface area contributed by atoms with Crippen molar-refractivity contribution in [3.05, 3.63) is 0 Å². The summed E-state index contributed by atoms with van der Waals surface area (Å²) in [7, 11) is 0. The van der Waals surface area contributed by atoms with E-state index >= 15 is 0 Å². The summed E-state index contributed by atoms with van der Waals surface area (Å²) in [5, 5.41) is 0. The second-order valence-electron chi connectivity index (χ2n) is 2.59. The molecule has 0 aliphatic carbocycles. The van der Waals surface area contributed by atoms with Crippen molar-refractivity contribution in [2.75, 3.05) is 5.75 Å². The van der Waals surface area contributed by atoms with E-state index in [0.717, 1.165) is 5.92 Å². The molecule has 0 bridgehead atoms. The second kappa shape index (κ2) is 5.48. The molecule has 1 unspecified atom stereocenters. The highest BCUT2D eigenvalue weighted by atomic mass is 32.2. The molecule has 2 heteroatoms. The predicted octanol–water partition coefficient (Wildman–Crippen LogP) is 3.04. The molecular formula is C7H16S2. The number of thioether (sulfide) groups is 1. The average molecular weight is 164 g/mol. The van der Waals surface area contributed by atoms with E-state index in [1.165, 1.54) is 12.2 Å². The molecule has 0 aliphatic rings. The molecule has 0 aromatic rings. The number of hydrogen-bond donors (Lipinski definition) is 1. The van der Waals surface area contributed by atoms with E-state index in [9.17, 15) is 0 Å². The summed E-state index contributed by atoms with van der Waals surface area (Å²) < 4.78 is 0.549. The smallest absolute Gasteiger partial charge is 0.0469 e. The van der Waals surface area contributed by atoms with Crippen LogP contribution in [0.4, 0.5) is 0 Å². The predicted molar refractivity (Wildman–Crippen MR) is 50.4 cm³/mol. The van der Waals surface area contributed by atoms with Crippen LogP contribution in [0.3, 0.4) is 0 Å². The Hall–Kier alpha value is 0.700. The van der Waals surface area contributed by atoms with Gasteiger partial charge >= 0.3 is 0 Å². The van der Waals surface area contributed by atoms with E-state index in [0.29, 0.717) is 4.58 Å². The monoisotopic (exact) mass is 164 g/mol. The van der Waals surface area contributed by atoms with Crippen LogP contribution in [0.1, 0.15) is 27.2 Å². The lowest BCUT2D eigenvalue weighted by Gasteiger charge is -2.08. The van der Waals surface area contributed by atoms with Crippen LogP contribution in [0.5, 0.6) is 0 Å². The molecule has 0 saturated carbocycles. The van der Waals surface area contributed by atoms with Gasteiger partial charge in [0.15, 0.2) is 0 Å². The van der Waals surface area contributed by atoms with Crippen molar-refractivity contribution in [2.24, 2.45) is 5.92 Å². The van der Waals surface area contributed by atoms with Gasteiger partial charge in [-0.1, -0.05) is 20.8 Å². The zero-order valence-electron chi connectivity index (χ0n) is 6.42. The molecule has 9 heavy (non-hydrogen) atoms. The average Bonchev–Trinajstić information content (AvgIpc) is 1.83. The fourth-order valence-electron chi connectivity index (χ4n) is 0.421. The van der Waals surface area contributed by atoms with E-state index in [4.69, 9.17) is 0 Å². The highest BCUT2D eigenvalue weighted by molar-refractivity contribution is 8.10. The zero-order chi connectivity index (χ0) is 7.28. The number of thiol groups is 1. The van der Waals surface area contributed by atoms with Crippen LogP contribution in [0.15, 0.2) is 0 Å². The van der Waals surface area contributed by atoms with E-state index in [1.54, 1.807) is 0 Å². The SMILES string of the molecule is CCC(S)SCC(C)C. The van der Waals surface area contributed by atoms with Crippen LogP contribution in [0, 0.1) is 5.92 Å². The fraction of sp³-hybridized carbons (Fsp3) is 1.00. The third-order valence-electron chi connectivity index (χ3n) is 0.971. The standard InChI is InChI=1S/C7H16S2/c1-4-7(8)9-5-6(2)3/h6-8H,4-5H2,1-3H3. The number of hydrogen-bond acceptors (Lipinski definition) is 2. The first kappa shape index (κ1) is 9.70. The molecule has 0 spiro atoms. The molecule has 0 rings (SSSR count). The summed E-state index contributed by atoms with van der Waals surface area (Å²) in [5.41, 5.74) is 0. The lowest BCUT2D eigenvalue weighted by Crippen LogP contribution is -1.96. The minimum atomic E-state index is 0.549. The zero-order valence-corrected chi connectivity index (χ0v) is 8.14. The summed E-state index contributed by atoms with van der Waals surface area (Å²) >= 11 is 6.32. The van der Waals surface area contributed by atoms with E-state index in [-0.39, 0.29) is 0 Å². The van der Waals surface area contributed by atoms with Crippen molar-refractivity contribution in [3.63, 3.8) is 0 Å². The first-order valence-corrected chi connectivity index (χ1v) is 5.03. The Morgan fingerprint density at radius 1 is 1.44 bits per heavy atom. The topological polar surface area (TPSA) is 0 Å². The van der Waals surface area contributed by atoms with Gasteiger partial charge in [0.2, 0.25) is 0 Å². The van der Waals surface area contributed by atoms with Crippen molar-refractivity contribution in [1.29, 1.82) is 0 Å². The molecule has 0 aromatic carbocycles. The van der Waals surface area contributed by atoms with E-state index in [2.05, 4.69) is 33.4 Å². The van der Waals surface area contributed by atoms with Crippen LogP contribution < -0.4 is 0 Å². The van der Waals surface area contributed by atoms with Gasteiger partial charge in [-0.2, -0.15) is 12.6 Å². The highest BCUT2D eigenvalue weighted by Crippen LogP contribution is 2.19. The molecule has 0 N–H and O–H groups in total. The van der Waals surface area contributed by atoms with Crippen molar-refractivity contribution >= 4 is 24.4 Å². The van der Waals surface area contributed by atoms with Gasteiger partial charge in [0, 0.05) is 4.58 Å². The lowest BCUT2D eigenvalue weighted by molar-refractivity contribution is 0.749. The third-order valence-corrected chi connectivity index (χ3v) is 3.36. The fourth-order valence-corrected chi connectivity index (χ4v) is 1.52. The van der Waals surface area contributed by atoms with Gasteiger partial charge in [0.05, 0.1) is 0 Å². The molecule has 0 nitrogen and oxygen atoms in total. The molecule has 0 amide bonds. The van der Waals surface area contributed by atoms with Crippen LogP contribution in [-0.2, 0) is 0 Å². The van der Waals surface area contributed by atoms with Gasteiger partial charge in [-0.3, -0.25) is 0 Å². The van der Waals surface area contributed by atoms with Gasteiger partial charge in [-0.15, -0.1) is 11.8 Å². The summed E-state index contributed by atoms with van der Waals surface area (Å²) in [6.45, 7) is 6.65. The molecule has 0 aromatic heterocycles. The molecule has 56 valence electrons. The first-order chi connectivity index (χ1) is 4.16. The largest absolute Gasteiger partial charge is 0.165 e. The maximum absolute atomic E-state index is 4.37. The minimum Gasteiger partial charge on any atom is -0.165 e. The van der Waals surface area contributed by atoms with Gasteiger partial charge in [-0.25, -0.2) is 0 Å². The minimum absolute atomic E-state index is 0.549. The van der Waals surface area contributed by atoms with Gasteiger partial charge in [-0.05, 0) is 18.1 Å². The highest BCUT2D eigenvalue weighted by Gasteiger charge is 2.00. The molecule has 0 saturated heterocycles. The van der Waals surface area contributed by atoms with Crippen LogP contribution in [0.25, 0.3) is 0 Å². The maximum atomic E-state index is 4.37. The summed E-state index contributed by atoms with van der Waals surface area (Å²) in [6, 6.07) is 0. The van der Waals surface area contributed by atoms with Crippen molar-refractivity contribution in [2.45, 2.75) is 31.8 Å². The Morgan fingerprint density at radius 3 is 2.33 bits per heavy atom. The number of rotatable bonds is 4. The Bertz CT molecular complexity index is 61.9. The Labute approximate surface area is 68.2 Å². The normalized spacial score (nSPS) is 14.3. The Morgan fingerprint density at radius 2 is 2.00 bits per heavy atom. The van der Waals surface area contributed by atoms with Crippen LogP contribution in [0.2, 0.25) is 0 Å². The molecule has 0 aliphatic heterocycles. The van der Waals surface area contributed by atoms with Crippen LogP contribution in [-0.4, -0.2) is 10.3 Å². The van der Waals surface area contributed by atoms with Crippen molar-refractivity contribution < 1.29 is 0 Å². The van der Waals surface area contributed by atoms with Gasteiger partial charge in [0.25, 0.3) is 0 Å². The molecule has 0 radical (unpaired) electrons. The summed E-state index contributed by atoms with van der Waals surface area (Å²) in [5.74, 6) is 2.04. The molecule has 1 atom stereocenters. The van der Waals surface area contributed by atoms with Gasteiger partial charge in [0.1, 0.15) is 0 Å². The first-order valence-electron chi connectivity index (χ1n) is 3.46. The summed E-state index contributed by atoms with van der Waals surface area (Å²) in [6.07, 6.45) is 1.17. The third kappa shape index (κ3) is 6.59. The lowest BCUT2D eigenvalue weighted by atomic mass is 10.3. The van der Waals surface area contributed by atoms with Gasteiger partial charge < -0.3 is 0 Å². The maximum Gasteiger partial charge on any atom is 0.0469 e. The summed E-state index contributed by atoms with van der Waals surface area (Å²) in [4.78, 5) is 0.